The Balaban J connectivity index is 3.07. The molecular formula is C12H16ClNO3. The molecule has 0 amide bonds. The van der Waals surface area contributed by atoms with Crippen molar-refractivity contribution in [3.63, 3.8) is 0 Å². The molecule has 1 unspecified atom stereocenters. The van der Waals surface area contributed by atoms with Crippen molar-refractivity contribution in [2.45, 2.75) is 26.3 Å². The number of ether oxygens (including phenoxy) is 1. The summed E-state index contributed by atoms with van der Waals surface area (Å²) < 4.78 is 5.50. The lowest BCUT2D eigenvalue weighted by Gasteiger charge is -2.15. The van der Waals surface area contributed by atoms with Gasteiger partial charge < -0.3 is 15.6 Å². The Morgan fingerprint density at radius 1 is 1.59 bits per heavy atom. The summed E-state index contributed by atoms with van der Waals surface area (Å²) in [5.41, 5.74) is 7.13. The summed E-state index contributed by atoms with van der Waals surface area (Å²) in [6, 6.07) is 2.53. The molecule has 0 radical (unpaired) electrons. The molecule has 0 saturated heterocycles. The lowest BCUT2D eigenvalue weighted by molar-refractivity contribution is -0.138. The molecule has 0 saturated carbocycles. The van der Waals surface area contributed by atoms with Crippen molar-refractivity contribution in [2.75, 3.05) is 6.61 Å². The number of rotatable bonds is 5. The molecule has 0 aliphatic carbocycles. The van der Waals surface area contributed by atoms with Crippen LogP contribution in [0.25, 0.3) is 0 Å². The number of carboxylic acids is 1. The van der Waals surface area contributed by atoms with Gasteiger partial charge in [-0.25, -0.2) is 0 Å². The lowest BCUT2D eigenvalue weighted by Crippen LogP contribution is -2.32. The van der Waals surface area contributed by atoms with Gasteiger partial charge in [0.15, 0.2) is 0 Å². The number of aryl methyl sites for hydroxylation is 1. The third kappa shape index (κ3) is 3.61. The number of hydrogen-bond donors (Lipinski definition) is 2. The van der Waals surface area contributed by atoms with Crippen LogP contribution in [0.5, 0.6) is 5.75 Å². The molecule has 0 heterocycles. The zero-order valence-electron chi connectivity index (χ0n) is 9.87. The van der Waals surface area contributed by atoms with E-state index in [-0.39, 0.29) is 6.42 Å². The molecule has 1 atom stereocenters. The normalized spacial score (nSPS) is 12.2. The number of aliphatic carboxylic acids is 1. The zero-order valence-corrected chi connectivity index (χ0v) is 10.6. The highest BCUT2D eigenvalue weighted by Gasteiger charge is 2.17. The Morgan fingerprint density at radius 3 is 2.76 bits per heavy atom. The summed E-state index contributed by atoms with van der Waals surface area (Å²) in [7, 11) is 0. The molecule has 3 N–H and O–H groups in total. The third-order valence-electron chi connectivity index (χ3n) is 2.36. The zero-order chi connectivity index (χ0) is 13.0. The van der Waals surface area contributed by atoms with Crippen LogP contribution >= 0.6 is 11.6 Å². The van der Waals surface area contributed by atoms with Gasteiger partial charge in [0.05, 0.1) is 6.61 Å². The highest BCUT2D eigenvalue weighted by Crippen LogP contribution is 2.28. The lowest BCUT2D eigenvalue weighted by atomic mass is 10.0. The molecule has 94 valence electrons. The average Bonchev–Trinajstić information content (AvgIpc) is 2.22. The van der Waals surface area contributed by atoms with Gasteiger partial charge in [-0.15, -0.1) is 0 Å². The van der Waals surface area contributed by atoms with E-state index in [0.717, 1.165) is 11.1 Å². The molecule has 0 aromatic heterocycles. The quantitative estimate of drug-likeness (QED) is 0.846. The molecule has 0 aliphatic heterocycles. The van der Waals surface area contributed by atoms with Gasteiger partial charge >= 0.3 is 5.97 Å². The topological polar surface area (TPSA) is 72.5 Å². The highest BCUT2D eigenvalue weighted by molar-refractivity contribution is 6.30. The Bertz CT molecular complexity index is 420. The molecule has 5 heteroatoms. The number of halogens is 1. The van der Waals surface area contributed by atoms with E-state index in [0.29, 0.717) is 17.4 Å². The van der Waals surface area contributed by atoms with Crippen LogP contribution in [0.2, 0.25) is 5.02 Å². The van der Waals surface area contributed by atoms with E-state index in [1.165, 1.54) is 0 Å². The Labute approximate surface area is 105 Å². The Hall–Kier alpha value is -1.26. The molecule has 0 bridgehead atoms. The summed E-state index contributed by atoms with van der Waals surface area (Å²) in [5.74, 6) is -0.362. The number of nitrogens with two attached hydrogens (primary N) is 1. The molecule has 4 nitrogen and oxygen atoms in total. The van der Waals surface area contributed by atoms with Crippen LogP contribution in [0.3, 0.4) is 0 Å². The minimum Gasteiger partial charge on any atom is -0.493 e. The molecule has 0 aliphatic rings. The van der Waals surface area contributed by atoms with E-state index in [4.69, 9.17) is 27.2 Å². The second-order valence-electron chi connectivity index (χ2n) is 3.79. The first-order valence-corrected chi connectivity index (χ1v) is 5.73. The minimum absolute atomic E-state index is 0.200. The maximum atomic E-state index is 10.7. The number of carboxylic acid groups (broad SMARTS) is 1. The van der Waals surface area contributed by atoms with E-state index in [9.17, 15) is 4.79 Å². The predicted octanol–water partition coefficient (Wildman–Crippen LogP) is 2.00. The molecule has 17 heavy (non-hydrogen) atoms. The van der Waals surface area contributed by atoms with Crippen molar-refractivity contribution in [1.82, 2.24) is 0 Å². The van der Waals surface area contributed by atoms with E-state index >= 15 is 0 Å². The van der Waals surface area contributed by atoms with Crippen LogP contribution < -0.4 is 10.5 Å². The van der Waals surface area contributed by atoms with Gasteiger partial charge in [-0.2, -0.15) is 0 Å². The summed E-state index contributed by atoms with van der Waals surface area (Å²) in [6.07, 6.45) is 0.200. The van der Waals surface area contributed by atoms with Crippen LogP contribution in [-0.4, -0.2) is 23.7 Å². The number of benzene rings is 1. The molecular weight excluding hydrogens is 242 g/mol. The van der Waals surface area contributed by atoms with Crippen molar-refractivity contribution in [2.24, 2.45) is 5.73 Å². The van der Waals surface area contributed by atoms with Gasteiger partial charge in [-0.3, -0.25) is 4.79 Å². The molecule has 1 rings (SSSR count). The van der Waals surface area contributed by atoms with Crippen molar-refractivity contribution in [3.05, 3.63) is 28.3 Å². The second kappa shape index (κ2) is 5.89. The molecule has 0 fully saturated rings. The summed E-state index contributed by atoms with van der Waals surface area (Å²) in [6.45, 7) is 4.25. The third-order valence-corrected chi connectivity index (χ3v) is 2.58. The summed E-state index contributed by atoms with van der Waals surface area (Å²) >= 11 is 5.94. The largest absolute Gasteiger partial charge is 0.493 e. The first kappa shape index (κ1) is 13.8. The van der Waals surface area contributed by atoms with Crippen molar-refractivity contribution >= 4 is 17.6 Å². The van der Waals surface area contributed by atoms with E-state index in [1.54, 1.807) is 12.1 Å². The van der Waals surface area contributed by atoms with Gasteiger partial charge in [-0.05, 0) is 37.1 Å². The highest BCUT2D eigenvalue weighted by atomic mass is 35.5. The van der Waals surface area contributed by atoms with Gasteiger partial charge in [0.1, 0.15) is 11.8 Å². The van der Waals surface area contributed by atoms with Crippen molar-refractivity contribution in [1.29, 1.82) is 0 Å². The van der Waals surface area contributed by atoms with Crippen molar-refractivity contribution < 1.29 is 14.6 Å². The fourth-order valence-electron chi connectivity index (χ4n) is 1.63. The summed E-state index contributed by atoms with van der Waals surface area (Å²) in [5, 5.41) is 9.36. The van der Waals surface area contributed by atoms with Crippen LogP contribution in [0, 0.1) is 6.92 Å². The van der Waals surface area contributed by atoms with Gasteiger partial charge in [0.2, 0.25) is 0 Å². The Morgan fingerprint density at radius 2 is 2.24 bits per heavy atom. The van der Waals surface area contributed by atoms with Crippen molar-refractivity contribution in [3.8, 4) is 5.75 Å². The molecule has 0 spiro atoms. The molecule has 1 aromatic carbocycles. The van der Waals surface area contributed by atoms with Crippen LogP contribution in [-0.2, 0) is 11.2 Å². The van der Waals surface area contributed by atoms with E-state index < -0.39 is 12.0 Å². The van der Waals surface area contributed by atoms with Gasteiger partial charge in [0.25, 0.3) is 0 Å². The van der Waals surface area contributed by atoms with E-state index in [1.807, 2.05) is 13.8 Å². The monoisotopic (exact) mass is 257 g/mol. The van der Waals surface area contributed by atoms with Crippen LogP contribution in [0.15, 0.2) is 12.1 Å². The van der Waals surface area contributed by atoms with Crippen LogP contribution in [0.4, 0.5) is 0 Å². The number of carbonyl (C=O) groups is 1. The van der Waals surface area contributed by atoms with Crippen LogP contribution in [0.1, 0.15) is 18.1 Å². The average molecular weight is 258 g/mol. The standard InChI is InChI=1S/C12H16ClNO3/c1-3-17-11-7(2)4-9(13)5-8(11)6-10(14)12(15)16/h4-5,10H,3,6,14H2,1-2H3,(H,15,16). The fourth-order valence-corrected chi connectivity index (χ4v) is 1.92. The first-order chi connectivity index (χ1) is 7.95. The number of hydrogen-bond acceptors (Lipinski definition) is 3. The smallest absolute Gasteiger partial charge is 0.320 e. The predicted molar refractivity (Wildman–Crippen MR) is 66.7 cm³/mol. The SMILES string of the molecule is CCOc1c(C)cc(Cl)cc1CC(N)C(=O)O. The Kier molecular flexibility index (Phi) is 4.78. The molecule has 1 aromatic rings. The van der Waals surface area contributed by atoms with Gasteiger partial charge in [-0.1, -0.05) is 11.6 Å². The van der Waals surface area contributed by atoms with E-state index in [2.05, 4.69) is 0 Å². The maximum Gasteiger partial charge on any atom is 0.320 e. The maximum absolute atomic E-state index is 10.7. The second-order valence-corrected chi connectivity index (χ2v) is 4.23. The fraction of sp³-hybridized carbons (Fsp3) is 0.417. The minimum atomic E-state index is -1.04. The van der Waals surface area contributed by atoms with Gasteiger partial charge in [0, 0.05) is 11.4 Å². The first-order valence-electron chi connectivity index (χ1n) is 5.36. The summed E-state index contributed by atoms with van der Waals surface area (Å²) in [4.78, 5) is 10.7.